The lowest BCUT2D eigenvalue weighted by atomic mass is 10.4. The van der Waals surface area contributed by atoms with E-state index < -0.39 is 6.55 Å². The molecule has 0 aliphatic carbocycles. The van der Waals surface area contributed by atoms with Gasteiger partial charge in [0.1, 0.15) is 5.82 Å². The minimum Gasteiger partial charge on any atom is -0.349 e. The third-order valence-electron chi connectivity index (χ3n) is 2.00. The highest BCUT2D eigenvalue weighted by atomic mass is 19.3. The number of aromatic nitrogens is 2. The molecule has 1 aromatic heterocycles. The maximum Gasteiger partial charge on any atom is 0.319 e. The van der Waals surface area contributed by atoms with Crippen LogP contribution in [0.5, 0.6) is 0 Å². The third kappa shape index (κ3) is 3.58. The van der Waals surface area contributed by atoms with Gasteiger partial charge in [-0.1, -0.05) is 0 Å². The number of carbonyl (C=O) groups is 1. The molecule has 1 heterocycles. The molecule has 0 saturated carbocycles. The number of hydrogen-bond acceptors (Lipinski definition) is 3. The highest BCUT2D eigenvalue weighted by Crippen LogP contribution is 2.11. The van der Waals surface area contributed by atoms with E-state index in [1.165, 1.54) is 12.4 Å². The number of amides is 1. The molecular weight excluding hydrogens is 218 g/mol. The van der Waals surface area contributed by atoms with Crippen molar-refractivity contribution in [3.63, 3.8) is 0 Å². The smallest absolute Gasteiger partial charge is 0.319 e. The predicted octanol–water partition coefficient (Wildman–Crippen LogP) is 0.504. The molecule has 90 valence electrons. The monoisotopic (exact) mass is 232 g/mol. The molecule has 16 heavy (non-hydrogen) atoms. The number of alkyl halides is 2. The molecule has 0 radical (unpaired) electrons. The fraction of sp³-hybridized carbons (Fsp3) is 0.556. The van der Waals surface area contributed by atoms with Gasteiger partial charge in [0.15, 0.2) is 0 Å². The van der Waals surface area contributed by atoms with Crippen molar-refractivity contribution in [2.75, 3.05) is 13.6 Å². The minimum atomic E-state index is -2.63. The highest BCUT2D eigenvalue weighted by Gasteiger charge is 2.11. The second kappa shape index (κ2) is 6.16. The molecule has 0 fully saturated rings. The zero-order chi connectivity index (χ0) is 12.0. The van der Waals surface area contributed by atoms with E-state index in [4.69, 9.17) is 0 Å². The summed E-state index contributed by atoms with van der Waals surface area (Å²) in [6.45, 7) is -2.07. The Hall–Kier alpha value is -1.50. The number of carbonyl (C=O) groups excluding carboxylic acids is 1. The maximum absolute atomic E-state index is 12.4. The van der Waals surface area contributed by atoms with E-state index in [9.17, 15) is 13.6 Å². The molecule has 1 amide bonds. The largest absolute Gasteiger partial charge is 0.349 e. The Morgan fingerprint density at radius 3 is 3.00 bits per heavy atom. The molecule has 0 atom stereocenters. The number of hydrogen-bond donors (Lipinski definition) is 2. The van der Waals surface area contributed by atoms with Gasteiger partial charge in [-0.05, 0) is 7.05 Å². The Kier molecular flexibility index (Phi) is 4.84. The van der Waals surface area contributed by atoms with Crippen LogP contribution in [0.25, 0.3) is 0 Å². The van der Waals surface area contributed by atoms with Gasteiger partial charge in [0.25, 0.3) is 0 Å². The molecule has 7 heteroatoms. The topological polar surface area (TPSA) is 59.0 Å². The summed E-state index contributed by atoms with van der Waals surface area (Å²) in [5.41, 5.74) is 0. The summed E-state index contributed by atoms with van der Waals surface area (Å²) >= 11 is 0. The average Bonchev–Trinajstić information content (AvgIpc) is 2.71. The van der Waals surface area contributed by atoms with Gasteiger partial charge in [-0.3, -0.25) is 9.36 Å². The first-order chi connectivity index (χ1) is 7.65. The summed E-state index contributed by atoms with van der Waals surface area (Å²) in [5, 5.41) is 5.34. The Morgan fingerprint density at radius 2 is 2.38 bits per heavy atom. The maximum atomic E-state index is 12.4. The van der Waals surface area contributed by atoms with Crippen molar-refractivity contribution in [1.82, 2.24) is 20.2 Å². The molecule has 0 bridgehead atoms. The normalized spacial score (nSPS) is 10.8. The molecule has 0 unspecified atom stereocenters. The predicted molar refractivity (Wildman–Crippen MR) is 53.9 cm³/mol. The molecule has 1 rings (SSSR count). The van der Waals surface area contributed by atoms with Crippen LogP contribution in [0, 0.1) is 0 Å². The summed E-state index contributed by atoms with van der Waals surface area (Å²) < 4.78 is 25.5. The van der Waals surface area contributed by atoms with Gasteiger partial charge in [0.2, 0.25) is 5.91 Å². The van der Waals surface area contributed by atoms with Crippen molar-refractivity contribution < 1.29 is 13.6 Å². The Bertz CT molecular complexity index is 340. The molecule has 1 aromatic rings. The van der Waals surface area contributed by atoms with Crippen LogP contribution in [0.15, 0.2) is 12.4 Å². The van der Waals surface area contributed by atoms with E-state index in [-0.39, 0.29) is 18.3 Å². The molecule has 0 saturated heterocycles. The van der Waals surface area contributed by atoms with Gasteiger partial charge in [-0.25, -0.2) is 4.98 Å². The highest BCUT2D eigenvalue weighted by molar-refractivity contribution is 5.75. The van der Waals surface area contributed by atoms with Gasteiger partial charge in [-0.2, -0.15) is 8.78 Å². The lowest BCUT2D eigenvalue weighted by Gasteiger charge is -2.07. The van der Waals surface area contributed by atoms with Crippen LogP contribution < -0.4 is 10.6 Å². The first-order valence-corrected chi connectivity index (χ1v) is 4.86. The summed E-state index contributed by atoms with van der Waals surface area (Å²) in [7, 11) is 1.73. The van der Waals surface area contributed by atoms with Gasteiger partial charge < -0.3 is 10.6 Å². The number of nitrogens with zero attached hydrogens (tertiary/aromatic N) is 2. The van der Waals surface area contributed by atoms with Crippen molar-refractivity contribution in [3.05, 3.63) is 18.2 Å². The molecule has 0 aliphatic rings. The molecule has 0 spiro atoms. The van der Waals surface area contributed by atoms with E-state index in [0.29, 0.717) is 13.0 Å². The van der Waals surface area contributed by atoms with Crippen molar-refractivity contribution in [1.29, 1.82) is 0 Å². The first kappa shape index (κ1) is 12.6. The number of nitrogens with one attached hydrogen (secondary N) is 2. The summed E-state index contributed by atoms with van der Waals surface area (Å²) in [5.74, 6) is -0.0500. The van der Waals surface area contributed by atoms with E-state index in [1.54, 1.807) is 7.05 Å². The van der Waals surface area contributed by atoms with Gasteiger partial charge in [-0.15, -0.1) is 0 Å². The number of halogens is 2. The first-order valence-electron chi connectivity index (χ1n) is 4.86. The fourth-order valence-electron chi connectivity index (χ4n) is 1.16. The van der Waals surface area contributed by atoms with Crippen LogP contribution in [0.2, 0.25) is 0 Å². The zero-order valence-electron chi connectivity index (χ0n) is 8.91. The summed E-state index contributed by atoms with van der Waals surface area (Å²) in [6, 6.07) is 0. The van der Waals surface area contributed by atoms with Gasteiger partial charge >= 0.3 is 6.55 Å². The molecular formula is C9H14F2N4O. The third-order valence-corrected chi connectivity index (χ3v) is 2.00. The minimum absolute atomic E-state index is 0.0138. The van der Waals surface area contributed by atoms with Crippen molar-refractivity contribution in [3.8, 4) is 0 Å². The van der Waals surface area contributed by atoms with Crippen LogP contribution in [0.4, 0.5) is 8.78 Å². The summed E-state index contributed by atoms with van der Waals surface area (Å²) in [6.07, 6.45) is 2.77. The van der Waals surface area contributed by atoms with Crippen LogP contribution in [-0.4, -0.2) is 29.1 Å². The summed E-state index contributed by atoms with van der Waals surface area (Å²) in [4.78, 5) is 14.9. The lowest BCUT2D eigenvalue weighted by molar-refractivity contribution is -0.121. The zero-order valence-corrected chi connectivity index (χ0v) is 8.91. The number of imidazole rings is 1. The van der Waals surface area contributed by atoms with Crippen LogP contribution >= 0.6 is 0 Å². The van der Waals surface area contributed by atoms with Crippen LogP contribution in [0.3, 0.4) is 0 Å². The average molecular weight is 232 g/mol. The van der Waals surface area contributed by atoms with Crippen LogP contribution in [0.1, 0.15) is 18.8 Å². The van der Waals surface area contributed by atoms with Gasteiger partial charge in [0, 0.05) is 25.4 Å². The molecule has 0 aliphatic heterocycles. The van der Waals surface area contributed by atoms with Crippen molar-refractivity contribution in [2.24, 2.45) is 0 Å². The van der Waals surface area contributed by atoms with Crippen molar-refractivity contribution in [2.45, 2.75) is 19.5 Å². The Labute approximate surface area is 91.9 Å². The SMILES string of the molecule is CNCCC(=O)NCc1nccn1C(F)F. The second-order valence-corrected chi connectivity index (χ2v) is 3.16. The standard InChI is InChI=1S/C9H14F2N4O/c1-12-3-2-8(16)14-6-7-13-4-5-15(7)9(10)11/h4-5,9,12H,2-3,6H2,1H3,(H,14,16). The van der Waals surface area contributed by atoms with Gasteiger partial charge in [0.05, 0.1) is 6.54 Å². The second-order valence-electron chi connectivity index (χ2n) is 3.16. The van der Waals surface area contributed by atoms with E-state index >= 15 is 0 Å². The molecule has 0 aromatic carbocycles. The lowest BCUT2D eigenvalue weighted by Crippen LogP contribution is -2.27. The number of rotatable bonds is 6. The van der Waals surface area contributed by atoms with Crippen LogP contribution in [-0.2, 0) is 11.3 Å². The van der Waals surface area contributed by atoms with E-state index in [1.807, 2.05) is 0 Å². The Balaban J connectivity index is 2.42. The van der Waals surface area contributed by atoms with E-state index in [0.717, 1.165) is 4.57 Å². The van der Waals surface area contributed by atoms with E-state index in [2.05, 4.69) is 15.6 Å². The Morgan fingerprint density at radius 1 is 1.62 bits per heavy atom. The fourth-order valence-corrected chi connectivity index (χ4v) is 1.16. The quantitative estimate of drug-likeness (QED) is 0.751. The molecule has 2 N–H and O–H groups in total. The van der Waals surface area contributed by atoms with Crippen molar-refractivity contribution >= 4 is 5.91 Å². The molecule has 5 nitrogen and oxygen atoms in total.